The SMILES string of the molecule is CC(C)(C)ON=O.[H-].[Na+]. The van der Waals surface area contributed by atoms with E-state index in [2.05, 4.69) is 10.2 Å². The maximum Gasteiger partial charge on any atom is 1.00 e. The minimum absolute atomic E-state index is 0. The quantitative estimate of drug-likeness (QED) is 0.247. The van der Waals surface area contributed by atoms with Crippen molar-refractivity contribution in [3.05, 3.63) is 4.91 Å². The fourth-order valence-electron chi connectivity index (χ4n) is 0.112. The van der Waals surface area contributed by atoms with Crippen LogP contribution in [0.5, 0.6) is 0 Å². The second-order valence-corrected chi connectivity index (χ2v) is 2.28. The minimum atomic E-state index is -0.429. The first kappa shape index (κ1) is 11.2. The van der Waals surface area contributed by atoms with Gasteiger partial charge in [-0.25, -0.2) is 0 Å². The number of hydrogen-bond acceptors (Lipinski definition) is 3. The predicted molar refractivity (Wildman–Crippen MR) is 27.7 cm³/mol. The molecule has 0 aliphatic rings. The Morgan fingerprint density at radius 3 is 1.88 bits per heavy atom. The third kappa shape index (κ3) is 9.64. The third-order valence-corrected chi connectivity index (χ3v) is 0.311. The van der Waals surface area contributed by atoms with E-state index in [1.54, 1.807) is 20.8 Å². The molecule has 0 fully saturated rings. The predicted octanol–water partition coefficient (Wildman–Crippen LogP) is -1.40. The monoisotopic (exact) mass is 127 g/mol. The molecule has 0 aromatic carbocycles. The molecule has 0 spiro atoms. The van der Waals surface area contributed by atoms with Gasteiger partial charge in [0, 0.05) is 0 Å². The Morgan fingerprint density at radius 1 is 1.50 bits per heavy atom. The molecule has 4 heteroatoms. The van der Waals surface area contributed by atoms with Gasteiger partial charge in [-0.1, -0.05) is 0 Å². The average molecular weight is 127 g/mol. The van der Waals surface area contributed by atoms with E-state index in [-0.39, 0.29) is 31.0 Å². The van der Waals surface area contributed by atoms with E-state index in [1.165, 1.54) is 0 Å². The molecule has 0 aliphatic heterocycles. The first-order valence-corrected chi connectivity index (χ1v) is 2.07. The maximum atomic E-state index is 9.35. The Hall–Kier alpha value is 0.400. The molecule has 0 amide bonds. The van der Waals surface area contributed by atoms with E-state index in [0.29, 0.717) is 0 Å². The first-order valence-electron chi connectivity index (χ1n) is 2.07. The molecule has 0 saturated heterocycles. The summed E-state index contributed by atoms with van der Waals surface area (Å²) in [4.78, 5) is 13.6. The molecule has 0 aromatic rings. The summed E-state index contributed by atoms with van der Waals surface area (Å²) in [5.41, 5.74) is -0.429. The van der Waals surface area contributed by atoms with Crippen LogP contribution in [0, 0.1) is 4.91 Å². The van der Waals surface area contributed by atoms with Gasteiger partial charge in [-0.2, -0.15) is 0 Å². The summed E-state index contributed by atoms with van der Waals surface area (Å²) in [5, 5.41) is 2.26. The van der Waals surface area contributed by atoms with Crippen molar-refractivity contribution >= 4 is 0 Å². The minimum Gasteiger partial charge on any atom is -1.00 e. The number of nitrogens with zero attached hydrogens (tertiary/aromatic N) is 1. The van der Waals surface area contributed by atoms with Crippen molar-refractivity contribution in [2.75, 3.05) is 0 Å². The van der Waals surface area contributed by atoms with Gasteiger partial charge in [0.05, 0.1) is 0 Å². The van der Waals surface area contributed by atoms with Gasteiger partial charge < -0.3 is 6.26 Å². The number of hydrogen-bond donors (Lipinski definition) is 0. The third-order valence-electron chi connectivity index (χ3n) is 0.311. The molecule has 44 valence electrons. The molecule has 0 unspecified atom stereocenters. The Balaban J connectivity index is -0.000000180. The molecule has 0 aliphatic carbocycles. The van der Waals surface area contributed by atoms with Crippen LogP contribution in [0.1, 0.15) is 22.2 Å². The maximum absolute atomic E-state index is 9.35. The van der Waals surface area contributed by atoms with Crippen LogP contribution in [0.2, 0.25) is 0 Å². The summed E-state index contributed by atoms with van der Waals surface area (Å²) in [7, 11) is 0. The van der Waals surface area contributed by atoms with Crippen molar-refractivity contribution in [2.45, 2.75) is 26.4 Å². The van der Waals surface area contributed by atoms with Gasteiger partial charge in [-0.3, -0.25) is 0 Å². The Bertz CT molecular complexity index is 73.5. The van der Waals surface area contributed by atoms with Crippen molar-refractivity contribution in [2.24, 2.45) is 5.34 Å². The molecule has 0 heterocycles. The van der Waals surface area contributed by atoms with Crippen LogP contribution in [0.3, 0.4) is 0 Å². The normalized spacial score (nSPS) is 9.38. The van der Waals surface area contributed by atoms with E-state index >= 15 is 0 Å². The largest absolute Gasteiger partial charge is 1.00 e. The van der Waals surface area contributed by atoms with Crippen LogP contribution in [0.25, 0.3) is 0 Å². The zero-order valence-electron chi connectivity index (χ0n) is 6.76. The first-order chi connectivity index (χ1) is 3.06. The molecular weight excluding hydrogens is 117 g/mol. The van der Waals surface area contributed by atoms with Crippen molar-refractivity contribution in [1.29, 1.82) is 0 Å². The molecule has 0 radical (unpaired) electrons. The molecular formula is C4H10NNaO2. The fraction of sp³-hybridized carbons (Fsp3) is 1.00. The topological polar surface area (TPSA) is 38.7 Å². The molecule has 0 rings (SSSR count). The van der Waals surface area contributed by atoms with Gasteiger partial charge >= 0.3 is 29.6 Å². The van der Waals surface area contributed by atoms with Crippen molar-refractivity contribution in [3.8, 4) is 0 Å². The second-order valence-electron chi connectivity index (χ2n) is 2.28. The van der Waals surface area contributed by atoms with E-state index in [4.69, 9.17) is 0 Å². The van der Waals surface area contributed by atoms with Crippen molar-refractivity contribution in [3.63, 3.8) is 0 Å². The van der Waals surface area contributed by atoms with E-state index in [9.17, 15) is 4.91 Å². The van der Waals surface area contributed by atoms with Crippen LogP contribution < -0.4 is 29.6 Å². The Labute approximate surface area is 72.5 Å². The van der Waals surface area contributed by atoms with E-state index < -0.39 is 5.60 Å². The van der Waals surface area contributed by atoms with Gasteiger partial charge in [0.25, 0.3) is 0 Å². The van der Waals surface area contributed by atoms with Gasteiger partial charge in [0.2, 0.25) is 0 Å². The Kier molecular flexibility index (Phi) is 6.03. The summed E-state index contributed by atoms with van der Waals surface area (Å²) < 4.78 is 0. The molecule has 0 aromatic heterocycles. The summed E-state index contributed by atoms with van der Waals surface area (Å²) in [6.45, 7) is 5.28. The molecule has 0 atom stereocenters. The Morgan fingerprint density at radius 2 is 1.88 bits per heavy atom. The zero-order valence-corrected chi connectivity index (χ0v) is 7.76. The average Bonchev–Trinajstić information content (AvgIpc) is 1.30. The molecule has 0 N–H and O–H groups in total. The smallest absolute Gasteiger partial charge is 1.00 e. The van der Waals surface area contributed by atoms with E-state index in [0.717, 1.165) is 0 Å². The van der Waals surface area contributed by atoms with Crippen LogP contribution in [0.4, 0.5) is 0 Å². The standard InChI is InChI=1S/C4H9NO2.Na.H/c1-4(2,3)7-5-6;;/h1-3H3;;/q;+1;-1. The summed E-state index contributed by atoms with van der Waals surface area (Å²) in [5.74, 6) is 0. The molecule has 3 nitrogen and oxygen atoms in total. The van der Waals surface area contributed by atoms with E-state index in [1.807, 2.05) is 0 Å². The van der Waals surface area contributed by atoms with Crippen LogP contribution in [0.15, 0.2) is 5.34 Å². The fourth-order valence-corrected chi connectivity index (χ4v) is 0.112. The second kappa shape index (κ2) is 4.30. The van der Waals surface area contributed by atoms with Crippen molar-refractivity contribution in [1.82, 2.24) is 0 Å². The molecule has 0 bridgehead atoms. The van der Waals surface area contributed by atoms with Gasteiger partial charge in [-0.15, -0.1) is 4.91 Å². The van der Waals surface area contributed by atoms with Crippen LogP contribution >= 0.6 is 0 Å². The van der Waals surface area contributed by atoms with Gasteiger partial charge in [-0.05, 0) is 20.8 Å². The van der Waals surface area contributed by atoms with Gasteiger partial charge in [0.1, 0.15) is 5.60 Å². The van der Waals surface area contributed by atoms with Gasteiger partial charge in [0.15, 0.2) is 5.34 Å². The zero-order chi connectivity index (χ0) is 5.91. The summed E-state index contributed by atoms with van der Waals surface area (Å²) in [6.07, 6.45) is 0. The van der Waals surface area contributed by atoms with Crippen LogP contribution in [-0.4, -0.2) is 5.60 Å². The number of rotatable bonds is 1. The molecule has 0 saturated carbocycles. The summed E-state index contributed by atoms with van der Waals surface area (Å²) >= 11 is 0. The van der Waals surface area contributed by atoms with Crippen LogP contribution in [-0.2, 0) is 4.84 Å². The molecule has 8 heavy (non-hydrogen) atoms. The van der Waals surface area contributed by atoms with Crippen molar-refractivity contribution < 1.29 is 35.8 Å². The summed E-state index contributed by atoms with van der Waals surface area (Å²) in [6, 6.07) is 0.